The van der Waals surface area contributed by atoms with Crippen LogP contribution < -0.4 is 0 Å². The highest BCUT2D eigenvalue weighted by atomic mass is 16.6. The van der Waals surface area contributed by atoms with Crippen LogP contribution in [0, 0.1) is 0 Å². The van der Waals surface area contributed by atoms with Crippen LogP contribution in [0.1, 0.15) is 20.3 Å². The van der Waals surface area contributed by atoms with E-state index in [1.807, 2.05) is 13.0 Å². The van der Waals surface area contributed by atoms with E-state index < -0.39 is 0 Å². The summed E-state index contributed by atoms with van der Waals surface area (Å²) in [5, 5.41) is 0. The highest BCUT2D eigenvalue weighted by molar-refractivity contribution is 5.85. The first kappa shape index (κ1) is 11.5. The first-order valence-electron chi connectivity index (χ1n) is 4.95. The summed E-state index contributed by atoms with van der Waals surface area (Å²) < 4.78 is 4.94. The van der Waals surface area contributed by atoms with E-state index in [1.54, 1.807) is 18.0 Å². The van der Waals surface area contributed by atoms with Crippen LogP contribution in [0.2, 0.25) is 0 Å². The molecule has 0 radical (unpaired) electrons. The van der Waals surface area contributed by atoms with Crippen LogP contribution in [0.3, 0.4) is 0 Å². The maximum atomic E-state index is 11.4. The number of carbonyl (C=O) groups is 1. The van der Waals surface area contributed by atoms with Crippen molar-refractivity contribution in [2.24, 2.45) is 4.99 Å². The highest BCUT2D eigenvalue weighted by Crippen LogP contribution is 2.11. The average Bonchev–Trinajstić information content (AvgIpc) is 2.21. The Morgan fingerprint density at radius 2 is 2.40 bits per heavy atom. The molecule has 0 N–H and O–H groups in total. The summed E-state index contributed by atoms with van der Waals surface area (Å²) in [7, 11) is 0. The number of hydrogen-bond acceptors (Lipinski definition) is 3. The van der Waals surface area contributed by atoms with Crippen molar-refractivity contribution in [3.05, 3.63) is 24.0 Å². The molecule has 82 valence electrons. The summed E-state index contributed by atoms with van der Waals surface area (Å²) in [4.78, 5) is 17.1. The van der Waals surface area contributed by atoms with Gasteiger partial charge in [0.25, 0.3) is 0 Å². The molecule has 0 spiro atoms. The van der Waals surface area contributed by atoms with Crippen molar-refractivity contribution >= 4 is 12.3 Å². The lowest BCUT2D eigenvalue weighted by Gasteiger charge is -2.26. The van der Waals surface area contributed by atoms with Crippen molar-refractivity contribution in [2.75, 3.05) is 13.2 Å². The molecule has 1 aliphatic heterocycles. The standard InChI is InChI=1S/C11H16N2O2/c1-4-10(8-12-9(2)3)13-6-5-7-15-11(13)14/h4,8H,2,5-7H2,1,3H3/b10-4+,12-8-. The largest absolute Gasteiger partial charge is 0.449 e. The van der Waals surface area contributed by atoms with Crippen molar-refractivity contribution in [2.45, 2.75) is 20.3 Å². The third-order valence-electron chi connectivity index (χ3n) is 2.00. The van der Waals surface area contributed by atoms with Gasteiger partial charge in [-0.2, -0.15) is 0 Å². The topological polar surface area (TPSA) is 41.9 Å². The molecule has 15 heavy (non-hydrogen) atoms. The molecule has 0 atom stereocenters. The van der Waals surface area contributed by atoms with Crippen LogP contribution >= 0.6 is 0 Å². The summed E-state index contributed by atoms with van der Waals surface area (Å²) >= 11 is 0. The lowest BCUT2D eigenvalue weighted by molar-refractivity contribution is 0.0882. The summed E-state index contributed by atoms with van der Waals surface area (Å²) in [6, 6.07) is 0. The Hall–Kier alpha value is -1.58. The molecule has 1 rings (SSSR count). The lowest BCUT2D eigenvalue weighted by Crippen LogP contribution is -2.37. The Balaban J connectivity index is 2.74. The third kappa shape index (κ3) is 3.23. The quantitative estimate of drug-likeness (QED) is 0.668. The maximum Gasteiger partial charge on any atom is 0.414 e. The van der Waals surface area contributed by atoms with E-state index >= 15 is 0 Å². The van der Waals surface area contributed by atoms with E-state index in [0.29, 0.717) is 18.8 Å². The van der Waals surface area contributed by atoms with Gasteiger partial charge >= 0.3 is 6.09 Å². The van der Waals surface area contributed by atoms with Crippen LogP contribution in [0.25, 0.3) is 0 Å². The van der Waals surface area contributed by atoms with E-state index in [-0.39, 0.29) is 6.09 Å². The molecule has 1 saturated heterocycles. The second-order valence-electron chi connectivity index (χ2n) is 3.33. The van der Waals surface area contributed by atoms with E-state index in [4.69, 9.17) is 4.74 Å². The van der Waals surface area contributed by atoms with Gasteiger partial charge in [-0.05, 0) is 20.3 Å². The van der Waals surface area contributed by atoms with Crippen molar-refractivity contribution in [1.29, 1.82) is 0 Å². The zero-order valence-corrected chi connectivity index (χ0v) is 9.19. The molecule has 0 unspecified atom stereocenters. The van der Waals surface area contributed by atoms with Crippen LogP contribution in [0.15, 0.2) is 29.0 Å². The van der Waals surface area contributed by atoms with Crippen LogP contribution in [0.5, 0.6) is 0 Å². The van der Waals surface area contributed by atoms with Gasteiger partial charge in [0.15, 0.2) is 0 Å². The molecule has 0 aromatic heterocycles. The molecular formula is C11H16N2O2. The van der Waals surface area contributed by atoms with Crippen LogP contribution in [0.4, 0.5) is 4.79 Å². The van der Waals surface area contributed by atoms with Crippen LogP contribution in [-0.2, 0) is 4.74 Å². The summed E-state index contributed by atoms with van der Waals surface area (Å²) in [5.41, 5.74) is 1.46. The average molecular weight is 208 g/mol. The van der Waals surface area contributed by atoms with Gasteiger partial charge in [-0.3, -0.25) is 9.89 Å². The van der Waals surface area contributed by atoms with Gasteiger partial charge in [-0.1, -0.05) is 12.7 Å². The van der Waals surface area contributed by atoms with Crippen LogP contribution in [-0.4, -0.2) is 30.4 Å². The molecule has 1 fully saturated rings. The first-order valence-corrected chi connectivity index (χ1v) is 4.95. The Morgan fingerprint density at radius 3 is 2.93 bits per heavy atom. The van der Waals surface area contributed by atoms with E-state index in [1.165, 1.54) is 0 Å². The van der Waals surface area contributed by atoms with Gasteiger partial charge in [0, 0.05) is 12.2 Å². The molecule has 4 nitrogen and oxygen atoms in total. The van der Waals surface area contributed by atoms with Gasteiger partial charge in [0.1, 0.15) is 0 Å². The van der Waals surface area contributed by atoms with Gasteiger partial charge in [0.2, 0.25) is 0 Å². The number of ether oxygens (including phenoxy) is 1. The highest BCUT2D eigenvalue weighted by Gasteiger charge is 2.21. The number of nitrogens with zero attached hydrogens (tertiary/aromatic N) is 2. The Morgan fingerprint density at radius 1 is 1.67 bits per heavy atom. The van der Waals surface area contributed by atoms with E-state index in [2.05, 4.69) is 11.6 Å². The molecule has 4 heteroatoms. The SMILES string of the molecule is C=C(C)/N=C\C(=C/C)N1CCCOC1=O. The Bertz CT molecular complexity index is 319. The number of cyclic esters (lactones) is 1. The van der Waals surface area contributed by atoms with Gasteiger partial charge in [-0.15, -0.1) is 0 Å². The van der Waals surface area contributed by atoms with E-state index in [9.17, 15) is 4.79 Å². The van der Waals surface area contributed by atoms with Crippen molar-refractivity contribution in [1.82, 2.24) is 4.90 Å². The molecule has 0 aliphatic carbocycles. The molecule has 0 aromatic rings. The fourth-order valence-electron chi connectivity index (χ4n) is 1.26. The van der Waals surface area contributed by atoms with E-state index in [0.717, 1.165) is 12.1 Å². The fourth-order valence-corrected chi connectivity index (χ4v) is 1.26. The monoisotopic (exact) mass is 208 g/mol. The minimum Gasteiger partial charge on any atom is -0.449 e. The second-order valence-corrected chi connectivity index (χ2v) is 3.33. The number of amides is 1. The van der Waals surface area contributed by atoms with Gasteiger partial charge in [0.05, 0.1) is 18.5 Å². The maximum absolute atomic E-state index is 11.4. The number of hydrogen-bond donors (Lipinski definition) is 0. The molecule has 0 bridgehead atoms. The number of rotatable bonds is 3. The zero-order valence-electron chi connectivity index (χ0n) is 9.19. The molecular weight excluding hydrogens is 192 g/mol. The van der Waals surface area contributed by atoms with Gasteiger partial charge < -0.3 is 4.74 Å². The Labute approximate surface area is 89.9 Å². The first-order chi connectivity index (χ1) is 7.15. The number of allylic oxidation sites excluding steroid dienone is 3. The molecule has 1 heterocycles. The predicted molar refractivity (Wildman–Crippen MR) is 59.7 cm³/mol. The minimum atomic E-state index is -0.303. The summed E-state index contributed by atoms with van der Waals surface area (Å²) in [5.74, 6) is 0. The Kier molecular flexibility index (Phi) is 4.09. The smallest absolute Gasteiger partial charge is 0.414 e. The van der Waals surface area contributed by atoms with Crippen molar-refractivity contribution in [3.63, 3.8) is 0 Å². The lowest BCUT2D eigenvalue weighted by atomic mass is 10.3. The molecule has 0 aromatic carbocycles. The normalized spacial score (nSPS) is 18.1. The van der Waals surface area contributed by atoms with Crippen molar-refractivity contribution in [3.8, 4) is 0 Å². The number of carbonyl (C=O) groups excluding carboxylic acids is 1. The number of aliphatic imine (C=N–C) groups is 1. The zero-order chi connectivity index (χ0) is 11.3. The minimum absolute atomic E-state index is 0.303. The summed E-state index contributed by atoms with van der Waals surface area (Å²) in [6.07, 6.45) is 4.01. The van der Waals surface area contributed by atoms with Gasteiger partial charge in [-0.25, -0.2) is 4.79 Å². The molecule has 0 saturated carbocycles. The predicted octanol–water partition coefficient (Wildman–Crippen LogP) is 2.34. The van der Waals surface area contributed by atoms with Crippen molar-refractivity contribution < 1.29 is 9.53 Å². The molecule has 1 aliphatic rings. The summed E-state index contributed by atoms with van der Waals surface area (Å²) in [6.45, 7) is 8.52. The second kappa shape index (κ2) is 5.34. The molecule has 1 amide bonds. The fraction of sp³-hybridized carbons (Fsp3) is 0.455. The third-order valence-corrected chi connectivity index (χ3v) is 2.00.